The zero-order chi connectivity index (χ0) is 19.4. The van der Waals surface area contributed by atoms with E-state index >= 15 is 0 Å². The fourth-order valence-corrected chi connectivity index (χ4v) is 2.74. The first-order chi connectivity index (χ1) is 12.3. The van der Waals surface area contributed by atoms with Crippen LogP contribution in [0.15, 0.2) is 30.3 Å². The van der Waals surface area contributed by atoms with Gasteiger partial charge in [-0.15, -0.1) is 24.8 Å². The lowest BCUT2D eigenvalue weighted by atomic mass is 10.0. The molecule has 1 amide bonds. The highest BCUT2D eigenvalue weighted by Gasteiger charge is 2.24. The van der Waals surface area contributed by atoms with Crippen LogP contribution in [0.4, 0.5) is 14.5 Å². The highest BCUT2D eigenvalue weighted by Crippen LogP contribution is 2.29. The molecule has 0 aliphatic rings. The van der Waals surface area contributed by atoms with Crippen LogP contribution in [-0.2, 0) is 0 Å². The number of ether oxygens (including phenoxy) is 1. The van der Waals surface area contributed by atoms with Crippen molar-refractivity contribution in [2.45, 2.75) is 6.04 Å². The van der Waals surface area contributed by atoms with E-state index in [0.717, 1.165) is 0 Å². The van der Waals surface area contributed by atoms with E-state index in [4.69, 9.17) is 22.1 Å². The van der Waals surface area contributed by atoms with Gasteiger partial charge in [-0.2, -0.15) is 0 Å². The molecule has 0 fully saturated rings. The van der Waals surface area contributed by atoms with Gasteiger partial charge in [-0.05, 0) is 32.3 Å². The number of methoxy groups -OCH3 is 1. The molecule has 0 spiro atoms. The Kier molecular flexibility index (Phi) is 10.5. The number of benzene rings is 2. The minimum absolute atomic E-state index is 0. The van der Waals surface area contributed by atoms with Gasteiger partial charge in [-0.25, -0.2) is 8.78 Å². The summed E-state index contributed by atoms with van der Waals surface area (Å²) in [6.45, 7) is -0.0190. The van der Waals surface area contributed by atoms with Crippen molar-refractivity contribution in [2.75, 3.05) is 33.5 Å². The summed E-state index contributed by atoms with van der Waals surface area (Å²) < 4.78 is 33.3. The Hall–Kier alpha value is -1.80. The molecule has 2 rings (SSSR count). The van der Waals surface area contributed by atoms with Crippen LogP contribution in [0.25, 0.3) is 0 Å². The number of likely N-dealkylation sites (N-methyl/N-ethyl adjacent to an activating group) is 1. The number of carbonyl (C=O) groups excluding carboxylic acids is 1. The van der Waals surface area contributed by atoms with Crippen molar-refractivity contribution in [3.8, 4) is 5.75 Å². The summed E-state index contributed by atoms with van der Waals surface area (Å²) in [7, 11) is 4.74. The molecule has 2 aromatic carbocycles. The molecule has 0 radical (unpaired) electrons. The van der Waals surface area contributed by atoms with Crippen LogP contribution < -0.4 is 15.8 Å². The molecule has 3 N–H and O–H groups in total. The van der Waals surface area contributed by atoms with Crippen LogP contribution in [0.2, 0.25) is 5.02 Å². The van der Waals surface area contributed by atoms with Gasteiger partial charge < -0.3 is 20.7 Å². The average Bonchev–Trinajstić information content (AvgIpc) is 2.58. The number of hydrogen-bond acceptors (Lipinski definition) is 4. The van der Waals surface area contributed by atoms with Crippen LogP contribution in [0.3, 0.4) is 0 Å². The minimum Gasteiger partial charge on any atom is -0.496 e. The van der Waals surface area contributed by atoms with Gasteiger partial charge in [0.1, 0.15) is 17.4 Å². The van der Waals surface area contributed by atoms with E-state index in [0.29, 0.717) is 0 Å². The molecule has 0 heterocycles. The Balaban J connectivity index is 0.00000364. The summed E-state index contributed by atoms with van der Waals surface area (Å²) in [5.74, 6) is -1.59. The first-order valence-electron chi connectivity index (χ1n) is 7.77. The van der Waals surface area contributed by atoms with Gasteiger partial charge in [0.05, 0.1) is 29.4 Å². The lowest BCUT2D eigenvalue weighted by Crippen LogP contribution is -2.35. The number of amides is 1. The van der Waals surface area contributed by atoms with E-state index in [-0.39, 0.29) is 58.9 Å². The van der Waals surface area contributed by atoms with E-state index in [1.165, 1.54) is 37.4 Å². The van der Waals surface area contributed by atoms with Crippen LogP contribution >= 0.6 is 36.4 Å². The Morgan fingerprint density at radius 3 is 2.32 bits per heavy atom. The lowest BCUT2D eigenvalue weighted by molar-refractivity contribution is 0.0937. The fraction of sp³-hybridized carbons (Fsp3) is 0.278. The number of anilines is 1. The number of halogens is 5. The summed E-state index contributed by atoms with van der Waals surface area (Å²) in [6.07, 6.45) is 0. The third-order valence-electron chi connectivity index (χ3n) is 3.98. The fourth-order valence-electron chi connectivity index (χ4n) is 2.57. The number of carbonyl (C=O) groups is 1. The van der Waals surface area contributed by atoms with Crippen molar-refractivity contribution in [1.82, 2.24) is 10.2 Å². The SMILES string of the molecule is COc1cc(N)c(Cl)cc1C(=O)NCC(c1c(F)cccc1F)N(C)C.Cl.Cl. The molecule has 0 aromatic heterocycles. The molecule has 0 saturated carbocycles. The van der Waals surface area contributed by atoms with Crippen molar-refractivity contribution >= 4 is 48.0 Å². The Bertz CT molecular complexity index is 803. The summed E-state index contributed by atoms with van der Waals surface area (Å²) in [6, 6.07) is 5.78. The molecule has 0 saturated heterocycles. The largest absolute Gasteiger partial charge is 0.496 e. The third-order valence-corrected chi connectivity index (χ3v) is 4.30. The zero-order valence-electron chi connectivity index (χ0n) is 15.5. The maximum Gasteiger partial charge on any atom is 0.255 e. The molecule has 10 heteroatoms. The van der Waals surface area contributed by atoms with Crippen molar-refractivity contribution in [2.24, 2.45) is 0 Å². The second-order valence-electron chi connectivity index (χ2n) is 5.90. The molecular weight excluding hydrogens is 435 g/mol. The molecule has 0 aliphatic carbocycles. The topological polar surface area (TPSA) is 67.6 Å². The predicted molar refractivity (Wildman–Crippen MR) is 112 cm³/mol. The summed E-state index contributed by atoms with van der Waals surface area (Å²) in [5, 5.41) is 2.87. The van der Waals surface area contributed by atoms with E-state index in [9.17, 15) is 13.6 Å². The van der Waals surface area contributed by atoms with Crippen LogP contribution in [0.1, 0.15) is 22.0 Å². The molecule has 156 valence electrons. The molecule has 1 unspecified atom stereocenters. The van der Waals surface area contributed by atoms with Crippen LogP contribution in [0, 0.1) is 11.6 Å². The van der Waals surface area contributed by atoms with E-state index < -0.39 is 23.6 Å². The maximum atomic E-state index is 14.1. The van der Waals surface area contributed by atoms with E-state index in [2.05, 4.69) is 5.32 Å². The molecule has 1 atom stereocenters. The van der Waals surface area contributed by atoms with Crippen molar-refractivity contribution in [1.29, 1.82) is 0 Å². The molecular formula is C18H22Cl3F2N3O2. The Labute approximate surface area is 180 Å². The lowest BCUT2D eigenvalue weighted by Gasteiger charge is -2.26. The molecule has 5 nitrogen and oxygen atoms in total. The van der Waals surface area contributed by atoms with Crippen molar-refractivity contribution in [3.63, 3.8) is 0 Å². The second kappa shape index (κ2) is 11.3. The van der Waals surface area contributed by atoms with Gasteiger partial charge in [0, 0.05) is 18.2 Å². The van der Waals surface area contributed by atoms with Gasteiger partial charge in [-0.1, -0.05) is 17.7 Å². The first-order valence-corrected chi connectivity index (χ1v) is 8.15. The highest BCUT2D eigenvalue weighted by atomic mass is 35.5. The molecule has 2 aromatic rings. The normalized spacial score (nSPS) is 11.2. The summed E-state index contributed by atoms with van der Waals surface area (Å²) >= 11 is 5.97. The number of nitrogens with one attached hydrogen (secondary N) is 1. The van der Waals surface area contributed by atoms with Gasteiger partial charge in [-0.3, -0.25) is 4.79 Å². The smallest absolute Gasteiger partial charge is 0.255 e. The van der Waals surface area contributed by atoms with E-state index in [1.54, 1.807) is 19.0 Å². The standard InChI is InChI=1S/C18H20ClF2N3O2.2ClH/c1-24(2)15(17-12(20)5-4-6-13(17)21)9-23-18(25)10-7-11(19)14(22)8-16(10)26-3;;/h4-8,15H,9,22H2,1-3H3,(H,23,25);2*1H. The minimum atomic E-state index is -0.699. The van der Waals surface area contributed by atoms with Crippen LogP contribution in [0.5, 0.6) is 5.75 Å². The van der Waals surface area contributed by atoms with Gasteiger partial charge in [0.25, 0.3) is 5.91 Å². The highest BCUT2D eigenvalue weighted by molar-refractivity contribution is 6.33. The number of nitrogens with zero attached hydrogens (tertiary/aromatic N) is 1. The number of hydrogen-bond donors (Lipinski definition) is 2. The first kappa shape index (κ1) is 26.2. The van der Waals surface area contributed by atoms with Gasteiger partial charge in [0.15, 0.2) is 0 Å². The maximum absolute atomic E-state index is 14.1. The Morgan fingerprint density at radius 1 is 1.25 bits per heavy atom. The summed E-state index contributed by atoms with van der Waals surface area (Å²) in [4.78, 5) is 14.1. The molecule has 28 heavy (non-hydrogen) atoms. The third kappa shape index (κ3) is 5.85. The van der Waals surface area contributed by atoms with Gasteiger partial charge >= 0.3 is 0 Å². The number of nitrogen functional groups attached to an aromatic ring is 1. The van der Waals surface area contributed by atoms with Crippen molar-refractivity contribution in [3.05, 3.63) is 58.1 Å². The molecule has 0 aliphatic heterocycles. The average molecular weight is 457 g/mol. The second-order valence-corrected chi connectivity index (χ2v) is 6.31. The van der Waals surface area contributed by atoms with Crippen molar-refractivity contribution < 1.29 is 18.3 Å². The van der Waals surface area contributed by atoms with Gasteiger partial charge in [0.2, 0.25) is 0 Å². The predicted octanol–water partition coefficient (Wildman–Crippen LogP) is 4.09. The zero-order valence-corrected chi connectivity index (χ0v) is 17.9. The monoisotopic (exact) mass is 455 g/mol. The number of nitrogens with two attached hydrogens (primary N) is 1. The van der Waals surface area contributed by atoms with E-state index in [1.807, 2.05) is 0 Å². The molecule has 0 bridgehead atoms. The number of rotatable bonds is 6. The quantitative estimate of drug-likeness (QED) is 0.643. The Morgan fingerprint density at radius 2 is 1.82 bits per heavy atom. The summed E-state index contributed by atoms with van der Waals surface area (Å²) in [5.41, 5.74) is 6.05. The van der Waals surface area contributed by atoms with Crippen LogP contribution in [-0.4, -0.2) is 38.6 Å².